The third-order valence-corrected chi connectivity index (χ3v) is 2.05. The van der Waals surface area contributed by atoms with Crippen molar-refractivity contribution in [1.29, 1.82) is 0 Å². The van der Waals surface area contributed by atoms with Crippen molar-refractivity contribution in [3.63, 3.8) is 0 Å². The lowest BCUT2D eigenvalue weighted by Crippen LogP contribution is -2.36. The molecule has 1 unspecified atom stereocenters. The number of nitrogen functional groups attached to an aromatic ring is 1. The van der Waals surface area contributed by atoms with Crippen molar-refractivity contribution >= 4 is 11.6 Å². The normalized spacial score (nSPS) is 12.2. The lowest BCUT2D eigenvalue weighted by molar-refractivity contribution is 0.0906. The van der Waals surface area contributed by atoms with E-state index in [1.165, 1.54) is 12.1 Å². The molecule has 0 fully saturated rings. The maximum atomic E-state index is 12.9. The fourth-order valence-electron chi connectivity index (χ4n) is 1.32. The van der Waals surface area contributed by atoms with Gasteiger partial charge < -0.3 is 15.8 Å². The monoisotopic (exact) mass is 226 g/mol. The first-order chi connectivity index (χ1) is 7.54. The zero-order valence-corrected chi connectivity index (χ0v) is 9.29. The van der Waals surface area contributed by atoms with Gasteiger partial charge >= 0.3 is 0 Å². The maximum absolute atomic E-state index is 12.9. The molecule has 3 N–H and O–H groups in total. The summed E-state index contributed by atoms with van der Waals surface area (Å²) in [6, 6.07) is 3.54. The number of benzene rings is 1. The van der Waals surface area contributed by atoms with Crippen LogP contribution in [-0.2, 0) is 4.74 Å². The number of ether oxygens (including phenoxy) is 1. The average molecular weight is 226 g/mol. The van der Waals surface area contributed by atoms with Crippen LogP contribution in [-0.4, -0.2) is 25.7 Å². The van der Waals surface area contributed by atoms with Crippen molar-refractivity contribution < 1.29 is 13.9 Å². The highest BCUT2D eigenvalue weighted by Gasteiger charge is 2.13. The van der Waals surface area contributed by atoms with Gasteiger partial charge in [-0.05, 0) is 25.1 Å². The van der Waals surface area contributed by atoms with Crippen molar-refractivity contribution in [2.24, 2.45) is 0 Å². The summed E-state index contributed by atoms with van der Waals surface area (Å²) in [5.74, 6) is -0.889. The van der Waals surface area contributed by atoms with Gasteiger partial charge in [-0.2, -0.15) is 0 Å². The Morgan fingerprint density at radius 1 is 1.62 bits per heavy atom. The highest BCUT2D eigenvalue weighted by atomic mass is 19.1. The fourth-order valence-corrected chi connectivity index (χ4v) is 1.32. The number of hydrogen-bond acceptors (Lipinski definition) is 3. The topological polar surface area (TPSA) is 64.3 Å². The Morgan fingerprint density at radius 2 is 2.31 bits per heavy atom. The van der Waals surface area contributed by atoms with Crippen LogP contribution < -0.4 is 11.1 Å². The average Bonchev–Trinajstić information content (AvgIpc) is 2.21. The highest BCUT2D eigenvalue weighted by Crippen LogP contribution is 2.13. The maximum Gasteiger partial charge on any atom is 0.253 e. The Balaban J connectivity index is 2.76. The molecule has 4 nitrogen and oxygen atoms in total. The van der Waals surface area contributed by atoms with E-state index in [-0.39, 0.29) is 17.3 Å². The summed E-state index contributed by atoms with van der Waals surface area (Å²) < 4.78 is 17.8. The van der Waals surface area contributed by atoms with E-state index < -0.39 is 11.7 Å². The van der Waals surface area contributed by atoms with E-state index in [1.54, 1.807) is 14.0 Å². The molecule has 0 aliphatic rings. The lowest BCUT2D eigenvalue weighted by Gasteiger charge is -2.13. The lowest BCUT2D eigenvalue weighted by atomic mass is 10.1. The van der Waals surface area contributed by atoms with E-state index in [0.717, 1.165) is 6.07 Å². The molecule has 88 valence electrons. The van der Waals surface area contributed by atoms with E-state index in [4.69, 9.17) is 10.5 Å². The summed E-state index contributed by atoms with van der Waals surface area (Å²) in [7, 11) is 1.54. The van der Waals surface area contributed by atoms with Gasteiger partial charge in [0.15, 0.2) is 0 Å². The predicted octanol–water partition coefficient (Wildman–Crippen LogP) is 1.17. The second-order valence-corrected chi connectivity index (χ2v) is 3.56. The highest BCUT2D eigenvalue weighted by molar-refractivity contribution is 5.99. The van der Waals surface area contributed by atoms with Crippen LogP contribution in [0.15, 0.2) is 18.2 Å². The molecule has 1 rings (SSSR count). The Hall–Kier alpha value is -1.62. The molecule has 0 bridgehead atoms. The standard InChI is InChI=1S/C11H15FN2O2/c1-7(6-16-2)14-11(15)9-5-8(12)3-4-10(9)13/h3-5,7H,6,13H2,1-2H3,(H,14,15). The number of amides is 1. The van der Waals surface area contributed by atoms with Crippen molar-refractivity contribution in [1.82, 2.24) is 5.32 Å². The summed E-state index contributed by atoms with van der Waals surface area (Å²) in [5.41, 5.74) is 5.98. The number of hydrogen-bond donors (Lipinski definition) is 2. The molecule has 1 atom stereocenters. The van der Waals surface area contributed by atoms with Crippen LogP contribution in [0, 0.1) is 5.82 Å². The molecule has 0 spiro atoms. The Kier molecular flexibility index (Phi) is 4.25. The van der Waals surface area contributed by atoms with Crippen LogP contribution in [0.1, 0.15) is 17.3 Å². The van der Waals surface area contributed by atoms with Gasteiger partial charge in [0.2, 0.25) is 0 Å². The first kappa shape index (κ1) is 12.4. The van der Waals surface area contributed by atoms with E-state index in [0.29, 0.717) is 6.61 Å². The van der Waals surface area contributed by atoms with Gasteiger partial charge in [0.25, 0.3) is 5.91 Å². The number of rotatable bonds is 4. The molecular weight excluding hydrogens is 211 g/mol. The number of methoxy groups -OCH3 is 1. The second-order valence-electron chi connectivity index (χ2n) is 3.56. The Morgan fingerprint density at radius 3 is 2.94 bits per heavy atom. The number of halogens is 1. The quantitative estimate of drug-likeness (QED) is 0.757. The van der Waals surface area contributed by atoms with Crippen molar-refractivity contribution in [3.8, 4) is 0 Å². The van der Waals surface area contributed by atoms with Crippen molar-refractivity contribution in [2.75, 3.05) is 19.5 Å². The number of nitrogens with one attached hydrogen (secondary N) is 1. The van der Waals surface area contributed by atoms with Gasteiger partial charge in [0.05, 0.1) is 12.2 Å². The van der Waals surface area contributed by atoms with Crippen LogP contribution in [0.3, 0.4) is 0 Å². The molecule has 0 saturated carbocycles. The van der Waals surface area contributed by atoms with Gasteiger partial charge in [0.1, 0.15) is 5.82 Å². The van der Waals surface area contributed by atoms with Gasteiger partial charge in [-0.25, -0.2) is 4.39 Å². The zero-order valence-electron chi connectivity index (χ0n) is 9.29. The van der Waals surface area contributed by atoms with Gasteiger partial charge in [-0.1, -0.05) is 0 Å². The van der Waals surface area contributed by atoms with E-state index in [2.05, 4.69) is 5.32 Å². The first-order valence-corrected chi connectivity index (χ1v) is 4.89. The largest absolute Gasteiger partial charge is 0.398 e. The molecular formula is C11H15FN2O2. The van der Waals surface area contributed by atoms with Crippen molar-refractivity contribution in [3.05, 3.63) is 29.6 Å². The molecule has 1 amide bonds. The molecule has 1 aromatic rings. The molecule has 0 saturated heterocycles. The van der Waals surface area contributed by atoms with Crippen LogP contribution in [0.2, 0.25) is 0 Å². The Labute approximate surface area is 93.6 Å². The first-order valence-electron chi connectivity index (χ1n) is 4.89. The van der Waals surface area contributed by atoms with Gasteiger partial charge in [-0.15, -0.1) is 0 Å². The smallest absolute Gasteiger partial charge is 0.253 e. The van der Waals surface area contributed by atoms with E-state index >= 15 is 0 Å². The predicted molar refractivity (Wildman–Crippen MR) is 59.6 cm³/mol. The van der Waals surface area contributed by atoms with Crippen LogP contribution in [0.25, 0.3) is 0 Å². The summed E-state index contributed by atoms with van der Waals surface area (Å²) >= 11 is 0. The molecule has 0 radical (unpaired) electrons. The summed E-state index contributed by atoms with van der Waals surface area (Å²) in [5, 5.41) is 2.65. The van der Waals surface area contributed by atoms with E-state index in [1.807, 2.05) is 0 Å². The molecule has 5 heteroatoms. The van der Waals surface area contributed by atoms with Gasteiger partial charge in [-0.3, -0.25) is 4.79 Å². The minimum absolute atomic E-state index is 0.142. The molecule has 0 aliphatic heterocycles. The van der Waals surface area contributed by atoms with Crippen LogP contribution in [0.5, 0.6) is 0 Å². The number of carbonyl (C=O) groups is 1. The fraction of sp³-hybridized carbons (Fsp3) is 0.364. The minimum atomic E-state index is -0.487. The van der Waals surface area contributed by atoms with E-state index in [9.17, 15) is 9.18 Å². The molecule has 1 aromatic carbocycles. The third kappa shape index (κ3) is 3.20. The number of carbonyl (C=O) groups excluding carboxylic acids is 1. The van der Waals surface area contributed by atoms with Gasteiger partial charge in [0, 0.05) is 18.8 Å². The SMILES string of the molecule is COCC(C)NC(=O)c1cc(F)ccc1N. The molecule has 16 heavy (non-hydrogen) atoms. The summed E-state index contributed by atoms with van der Waals surface area (Å²) in [6.07, 6.45) is 0. The molecule has 0 aliphatic carbocycles. The Bertz CT molecular complexity index is 382. The third-order valence-electron chi connectivity index (χ3n) is 2.05. The molecule has 0 aromatic heterocycles. The summed E-state index contributed by atoms with van der Waals surface area (Å²) in [6.45, 7) is 2.18. The minimum Gasteiger partial charge on any atom is -0.398 e. The van der Waals surface area contributed by atoms with Crippen LogP contribution >= 0.6 is 0 Å². The summed E-state index contributed by atoms with van der Waals surface area (Å²) in [4.78, 5) is 11.7. The van der Waals surface area contributed by atoms with Crippen LogP contribution in [0.4, 0.5) is 10.1 Å². The number of anilines is 1. The zero-order chi connectivity index (χ0) is 12.1. The second kappa shape index (κ2) is 5.46. The van der Waals surface area contributed by atoms with Crippen molar-refractivity contribution in [2.45, 2.75) is 13.0 Å². The number of nitrogens with two attached hydrogens (primary N) is 1. The molecule has 0 heterocycles.